The molecule has 0 amide bonds. The summed E-state index contributed by atoms with van der Waals surface area (Å²) in [5.74, 6) is -0.275. The van der Waals surface area contributed by atoms with Crippen molar-refractivity contribution >= 4 is 35.8 Å². The Morgan fingerprint density at radius 2 is 1.89 bits per heavy atom. The van der Waals surface area contributed by atoms with Crippen molar-refractivity contribution in [3.63, 3.8) is 0 Å². The summed E-state index contributed by atoms with van der Waals surface area (Å²) in [6, 6.07) is 10.3. The summed E-state index contributed by atoms with van der Waals surface area (Å²) < 4.78 is 14.0. The van der Waals surface area contributed by atoms with Crippen LogP contribution < -0.4 is 0 Å². The third-order valence-electron chi connectivity index (χ3n) is 2.60. The van der Waals surface area contributed by atoms with E-state index in [0.717, 1.165) is 4.90 Å². The Labute approximate surface area is 115 Å². The Bertz CT molecular complexity index is 598. The number of thioether (sulfide) groups is 1. The first kappa shape index (κ1) is 13.1. The Morgan fingerprint density at radius 3 is 2.44 bits per heavy atom. The topological polar surface area (TPSA) is 12.4 Å². The lowest BCUT2D eigenvalue weighted by Crippen LogP contribution is -1.86. The molecule has 4 heteroatoms. The van der Waals surface area contributed by atoms with Crippen LogP contribution in [0, 0.1) is 5.82 Å². The zero-order chi connectivity index (χ0) is 13.1. The van der Waals surface area contributed by atoms with E-state index in [-0.39, 0.29) is 5.82 Å². The van der Waals surface area contributed by atoms with Crippen molar-refractivity contribution in [1.82, 2.24) is 0 Å². The smallest absolute Gasteiger partial charge is 0.132 e. The van der Waals surface area contributed by atoms with Crippen molar-refractivity contribution in [3.05, 3.63) is 47.2 Å². The van der Waals surface area contributed by atoms with Gasteiger partial charge in [0.1, 0.15) is 5.82 Å². The molecule has 0 unspecified atom stereocenters. The molecule has 0 aliphatic heterocycles. The van der Waals surface area contributed by atoms with Gasteiger partial charge in [0.15, 0.2) is 0 Å². The van der Waals surface area contributed by atoms with E-state index in [1.165, 1.54) is 17.8 Å². The predicted octanol–water partition coefficient (Wildman–Crippen LogP) is 5.20. The van der Waals surface area contributed by atoms with Crippen LogP contribution in [-0.4, -0.2) is 13.0 Å². The quantitative estimate of drug-likeness (QED) is 0.556. The van der Waals surface area contributed by atoms with Gasteiger partial charge in [-0.05, 0) is 37.2 Å². The molecule has 0 saturated heterocycles. The lowest BCUT2D eigenvalue weighted by molar-refractivity contribution is 0.628. The second-order valence-corrected chi connectivity index (χ2v) is 4.95. The third-order valence-corrected chi connectivity index (χ3v) is 3.64. The highest BCUT2D eigenvalue weighted by Gasteiger charge is 2.10. The number of halogens is 2. The van der Waals surface area contributed by atoms with Gasteiger partial charge in [-0.25, -0.2) is 4.39 Å². The number of hydrogen-bond acceptors (Lipinski definition) is 2. The fraction of sp³-hybridized carbons (Fsp3) is 0.0714. The van der Waals surface area contributed by atoms with Gasteiger partial charge >= 0.3 is 0 Å². The molecule has 0 heterocycles. The highest BCUT2D eigenvalue weighted by molar-refractivity contribution is 7.98. The second kappa shape index (κ2) is 5.55. The molecule has 18 heavy (non-hydrogen) atoms. The van der Waals surface area contributed by atoms with Crippen LogP contribution in [0.15, 0.2) is 46.3 Å². The van der Waals surface area contributed by atoms with Crippen LogP contribution >= 0.6 is 23.4 Å². The minimum absolute atomic E-state index is 0.275. The first-order valence-corrected chi connectivity index (χ1v) is 6.86. The maximum Gasteiger partial charge on any atom is 0.132 e. The maximum atomic E-state index is 14.0. The van der Waals surface area contributed by atoms with Gasteiger partial charge in [-0.3, -0.25) is 4.99 Å². The summed E-state index contributed by atoms with van der Waals surface area (Å²) in [6.45, 7) is 3.43. The van der Waals surface area contributed by atoms with E-state index in [1.807, 2.05) is 12.3 Å². The van der Waals surface area contributed by atoms with Crippen LogP contribution in [-0.2, 0) is 0 Å². The predicted molar refractivity (Wildman–Crippen MR) is 77.8 cm³/mol. The van der Waals surface area contributed by atoms with Crippen molar-refractivity contribution in [2.24, 2.45) is 4.99 Å². The zero-order valence-electron chi connectivity index (χ0n) is 9.78. The van der Waals surface area contributed by atoms with Crippen LogP contribution in [0.5, 0.6) is 0 Å². The van der Waals surface area contributed by atoms with Crippen LogP contribution in [0.1, 0.15) is 0 Å². The first-order valence-electron chi connectivity index (χ1n) is 5.26. The molecular weight excluding hydrogens is 269 g/mol. The zero-order valence-corrected chi connectivity index (χ0v) is 11.4. The minimum atomic E-state index is -0.275. The van der Waals surface area contributed by atoms with Gasteiger partial charge in [0.25, 0.3) is 0 Å². The summed E-state index contributed by atoms with van der Waals surface area (Å²) in [6.07, 6.45) is 1.91. The molecular formula is C14H11ClFNS. The molecule has 0 spiro atoms. The summed E-state index contributed by atoms with van der Waals surface area (Å²) in [5.41, 5.74) is 1.83. The fourth-order valence-electron chi connectivity index (χ4n) is 1.66. The van der Waals surface area contributed by atoms with Crippen molar-refractivity contribution in [2.45, 2.75) is 4.90 Å². The summed E-state index contributed by atoms with van der Waals surface area (Å²) in [5, 5.41) is 0.468. The number of hydrogen-bond donors (Lipinski definition) is 0. The number of nitrogens with zero attached hydrogens (tertiary/aromatic N) is 1. The average molecular weight is 280 g/mol. The third kappa shape index (κ3) is 2.57. The number of rotatable bonds is 3. The molecule has 0 saturated carbocycles. The molecule has 0 fully saturated rings. The molecule has 0 N–H and O–H groups in total. The van der Waals surface area contributed by atoms with Gasteiger partial charge in [0.2, 0.25) is 0 Å². The molecule has 0 aliphatic carbocycles. The average Bonchev–Trinajstić information content (AvgIpc) is 2.39. The molecule has 0 radical (unpaired) electrons. The largest absolute Gasteiger partial charge is 0.265 e. The Balaban J connectivity index is 2.51. The molecule has 2 rings (SSSR count). The summed E-state index contributed by atoms with van der Waals surface area (Å²) in [4.78, 5) is 4.67. The molecule has 92 valence electrons. The molecule has 0 bridgehead atoms. The minimum Gasteiger partial charge on any atom is -0.265 e. The van der Waals surface area contributed by atoms with Crippen molar-refractivity contribution in [1.29, 1.82) is 0 Å². The van der Waals surface area contributed by atoms with E-state index in [4.69, 9.17) is 11.6 Å². The molecule has 1 nitrogen and oxygen atoms in total. The second-order valence-electron chi connectivity index (χ2n) is 3.67. The van der Waals surface area contributed by atoms with Crippen LogP contribution in [0.4, 0.5) is 10.1 Å². The van der Waals surface area contributed by atoms with Gasteiger partial charge in [0, 0.05) is 16.0 Å². The van der Waals surface area contributed by atoms with E-state index in [1.54, 1.807) is 24.3 Å². The van der Waals surface area contributed by atoms with E-state index in [2.05, 4.69) is 11.7 Å². The Kier molecular flexibility index (Phi) is 4.04. The van der Waals surface area contributed by atoms with Gasteiger partial charge in [-0.1, -0.05) is 23.7 Å². The van der Waals surface area contributed by atoms with Crippen molar-refractivity contribution < 1.29 is 4.39 Å². The molecule has 2 aromatic rings. The lowest BCUT2D eigenvalue weighted by atomic mass is 10.0. The SMILES string of the molecule is C=Nc1ccc(-c2ccc(SC)cc2F)c(Cl)c1. The van der Waals surface area contributed by atoms with Gasteiger partial charge < -0.3 is 0 Å². The summed E-state index contributed by atoms with van der Waals surface area (Å²) in [7, 11) is 0. The van der Waals surface area contributed by atoms with E-state index in [9.17, 15) is 4.39 Å². The van der Waals surface area contributed by atoms with E-state index < -0.39 is 0 Å². The number of benzene rings is 2. The highest BCUT2D eigenvalue weighted by atomic mass is 35.5. The molecule has 0 aromatic heterocycles. The maximum absolute atomic E-state index is 14.0. The van der Waals surface area contributed by atoms with Crippen molar-refractivity contribution in [3.8, 4) is 11.1 Å². The lowest BCUT2D eigenvalue weighted by Gasteiger charge is -2.08. The molecule has 0 atom stereocenters. The van der Waals surface area contributed by atoms with Crippen LogP contribution in [0.2, 0.25) is 5.02 Å². The van der Waals surface area contributed by atoms with Crippen LogP contribution in [0.25, 0.3) is 11.1 Å². The van der Waals surface area contributed by atoms with Crippen LogP contribution in [0.3, 0.4) is 0 Å². The standard InChI is InChI=1S/C14H11ClFNS/c1-17-9-3-5-11(13(15)7-9)12-6-4-10(18-2)8-14(12)16/h3-8H,1H2,2H3. The van der Waals surface area contributed by atoms with E-state index in [0.29, 0.717) is 21.8 Å². The van der Waals surface area contributed by atoms with Gasteiger partial charge in [0.05, 0.1) is 10.7 Å². The first-order chi connectivity index (χ1) is 8.65. The Hall–Kier alpha value is -1.32. The normalized spacial score (nSPS) is 10.4. The summed E-state index contributed by atoms with van der Waals surface area (Å²) >= 11 is 7.63. The highest BCUT2D eigenvalue weighted by Crippen LogP contribution is 2.33. The monoisotopic (exact) mass is 279 g/mol. The van der Waals surface area contributed by atoms with Crippen molar-refractivity contribution in [2.75, 3.05) is 6.26 Å². The van der Waals surface area contributed by atoms with Gasteiger partial charge in [-0.15, -0.1) is 11.8 Å². The molecule has 2 aromatic carbocycles. The number of aliphatic imine (C=N–C) groups is 1. The fourth-order valence-corrected chi connectivity index (χ4v) is 2.36. The van der Waals surface area contributed by atoms with Gasteiger partial charge in [-0.2, -0.15) is 0 Å². The molecule has 0 aliphatic rings. The Morgan fingerprint density at radius 1 is 1.17 bits per heavy atom. The van der Waals surface area contributed by atoms with E-state index >= 15 is 0 Å².